The minimum Gasteiger partial charge on any atom is -0.351 e. The molecule has 0 unspecified atom stereocenters. The quantitative estimate of drug-likeness (QED) is 0.694. The second-order valence-electron chi connectivity index (χ2n) is 6.94. The summed E-state index contributed by atoms with van der Waals surface area (Å²) in [6.07, 6.45) is 5.14. The summed E-state index contributed by atoms with van der Waals surface area (Å²) >= 11 is 0. The Morgan fingerprint density at radius 3 is 2.64 bits per heavy atom. The predicted molar refractivity (Wildman–Crippen MR) is 106 cm³/mol. The monoisotopic (exact) mass is 380 g/mol. The number of pyridine rings is 1. The molecule has 0 radical (unpaired) electrons. The fourth-order valence-corrected chi connectivity index (χ4v) is 3.49. The second kappa shape index (κ2) is 7.89. The van der Waals surface area contributed by atoms with Crippen molar-refractivity contribution in [1.82, 2.24) is 34.9 Å². The van der Waals surface area contributed by atoms with Gasteiger partial charge in [0, 0.05) is 70.3 Å². The molecule has 1 aliphatic heterocycles. The molecule has 1 saturated heterocycles. The van der Waals surface area contributed by atoms with E-state index < -0.39 is 0 Å². The summed E-state index contributed by atoms with van der Waals surface area (Å²) < 4.78 is 1.73. The average molecular weight is 380 g/mol. The number of piperazine rings is 1. The fraction of sp³-hybridized carbons (Fsp3) is 0.421. The van der Waals surface area contributed by atoms with Gasteiger partial charge in [-0.15, -0.1) is 0 Å². The van der Waals surface area contributed by atoms with E-state index in [9.17, 15) is 4.79 Å². The summed E-state index contributed by atoms with van der Waals surface area (Å²) in [7, 11) is 1.85. The lowest BCUT2D eigenvalue weighted by molar-refractivity contribution is 0.0947. The Morgan fingerprint density at radius 1 is 1.14 bits per heavy atom. The minimum atomic E-state index is -0.103. The standard InChI is InChI=1S/C19H24N8O/c1-14-16-12-15(13-23-17(16)25(2)24-14)18(28)20-6-7-26-8-10-27(11-9-26)19-21-4-3-5-22-19/h3-5,12-13H,6-11H2,1-2H3,(H,20,28). The summed E-state index contributed by atoms with van der Waals surface area (Å²) in [6, 6.07) is 3.68. The Bertz CT molecular complexity index is 963. The number of nitrogens with one attached hydrogen (secondary N) is 1. The highest BCUT2D eigenvalue weighted by Crippen LogP contribution is 2.16. The molecule has 0 spiro atoms. The lowest BCUT2D eigenvalue weighted by Crippen LogP contribution is -2.49. The third kappa shape index (κ3) is 3.79. The topological polar surface area (TPSA) is 92.1 Å². The van der Waals surface area contributed by atoms with E-state index in [1.165, 1.54) is 0 Å². The molecule has 0 saturated carbocycles. The normalized spacial score (nSPS) is 15.1. The van der Waals surface area contributed by atoms with E-state index >= 15 is 0 Å². The van der Waals surface area contributed by atoms with Crippen molar-refractivity contribution in [2.24, 2.45) is 7.05 Å². The van der Waals surface area contributed by atoms with Crippen molar-refractivity contribution in [3.63, 3.8) is 0 Å². The summed E-state index contributed by atoms with van der Waals surface area (Å²) in [6.45, 7) is 6.97. The fourth-order valence-electron chi connectivity index (χ4n) is 3.49. The van der Waals surface area contributed by atoms with Crippen LogP contribution in [0.15, 0.2) is 30.7 Å². The Morgan fingerprint density at radius 2 is 1.89 bits per heavy atom. The maximum atomic E-state index is 12.5. The largest absolute Gasteiger partial charge is 0.351 e. The van der Waals surface area contributed by atoms with Gasteiger partial charge in [-0.05, 0) is 19.1 Å². The average Bonchev–Trinajstić information content (AvgIpc) is 3.02. The van der Waals surface area contributed by atoms with Crippen molar-refractivity contribution in [2.75, 3.05) is 44.2 Å². The van der Waals surface area contributed by atoms with E-state index in [0.717, 1.165) is 55.4 Å². The van der Waals surface area contributed by atoms with E-state index in [4.69, 9.17) is 0 Å². The number of hydrogen-bond acceptors (Lipinski definition) is 7. The molecule has 3 aromatic rings. The van der Waals surface area contributed by atoms with Gasteiger partial charge in [0.15, 0.2) is 5.65 Å². The van der Waals surface area contributed by atoms with Crippen LogP contribution in [0.1, 0.15) is 16.1 Å². The van der Waals surface area contributed by atoms with Crippen LogP contribution in [0.2, 0.25) is 0 Å². The minimum absolute atomic E-state index is 0.103. The van der Waals surface area contributed by atoms with Gasteiger partial charge >= 0.3 is 0 Å². The molecular formula is C19H24N8O. The molecule has 28 heavy (non-hydrogen) atoms. The zero-order valence-electron chi connectivity index (χ0n) is 16.2. The summed E-state index contributed by atoms with van der Waals surface area (Å²) in [5.41, 5.74) is 2.23. The van der Waals surface area contributed by atoms with Gasteiger partial charge in [-0.3, -0.25) is 14.4 Å². The lowest BCUT2D eigenvalue weighted by Gasteiger charge is -2.34. The number of carbonyl (C=O) groups excluding carboxylic acids is 1. The molecule has 1 amide bonds. The van der Waals surface area contributed by atoms with Gasteiger partial charge in [0.2, 0.25) is 5.95 Å². The van der Waals surface area contributed by atoms with Crippen molar-refractivity contribution in [1.29, 1.82) is 0 Å². The molecule has 9 nitrogen and oxygen atoms in total. The number of anilines is 1. The number of amides is 1. The molecule has 0 bridgehead atoms. The highest BCUT2D eigenvalue weighted by molar-refractivity contribution is 5.97. The van der Waals surface area contributed by atoms with Crippen LogP contribution in [0.3, 0.4) is 0 Å². The van der Waals surface area contributed by atoms with E-state index in [0.29, 0.717) is 12.1 Å². The number of nitrogens with zero attached hydrogens (tertiary/aromatic N) is 7. The molecule has 1 aliphatic rings. The lowest BCUT2D eigenvalue weighted by atomic mass is 10.2. The zero-order chi connectivity index (χ0) is 19.5. The summed E-state index contributed by atoms with van der Waals surface area (Å²) in [4.78, 5) is 30.0. The van der Waals surface area contributed by atoms with Gasteiger partial charge in [0.05, 0.1) is 11.3 Å². The first-order valence-electron chi connectivity index (χ1n) is 9.43. The van der Waals surface area contributed by atoms with Gasteiger partial charge in [-0.1, -0.05) is 0 Å². The summed E-state index contributed by atoms with van der Waals surface area (Å²) in [5.74, 6) is 0.679. The molecule has 146 valence electrons. The SMILES string of the molecule is Cc1nn(C)c2ncc(C(=O)NCCN3CCN(c4ncccn4)CC3)cc12. The van der Waals surface area contributed by atoms with Crippen LogP contribution in [0.5, 0.6) is 0 Å². The zero-order valence-corrected chi connectivity index (χ0v) is 16.2. The van der Waals surface area contributed by atoms with E-state index in [1.807, 2.05) is 26.1 Å². The maximum Gasteiger partial charge on any atom is 0.252 e. The van der Waals surface area contributed by atoms with Gasteiger partial charge in [0.25, 0.3) is 5.91 Å². The number of hydrogen-bond donors (Lipinski definition) is 1. The van der Waals surface area contributed by atoms with Crippen molar-refractivity contribution < 1.29 is 4.79 Å². The van der Waals surface area contributed by atoms with Gasteiger partial charge in [-0.2, -0.15) is 5.10 Å². The van der Waals surface area contributed by atoms with Crippen molar-refractivity contribution in [3.8, 4) is 0 Å². The van der Waals surface area contributed by atoms with Crippen molar-refractivity contribution in [3.05, 3.63) is 42.0 Å². The first-order chi connectivity index (χ1) is 13.6. The predicted octanol–water partition coefficient (Wildman–Crippen LogP) is 0.619. The van der Waals surface area contributed by atoms with Crippen LogP contribution in [-0.2, 0) is 7.05 Å². The van der Waals surface area contributed by atoms with Crippen LogP contribution in [-0.4, -0.2) is 74.8 Å². The highest BCUT2D eigenvalue weighted by atomic mass is 16.1. The van der Waals surface area contributed by atoms with Crippen molar-refractivity contribution >= 4 is 22.9 Å². The van der Waals surface area contributed by atoms with Gasteiger partial charge in [-0.25, -0.2) is 15.0 Å². The number of aromatic nitrogens is 5. The molecule has 1 fully saturated rings. The molecule has 0 aliphatic carbocycles. The Kier molecular flexibility index (Phi) is 5.16. The van der Waals surface area contributed by atoms with E-state index in [-0.39, 0.29) is 5.91 Å². The first-order valence-corrected chi connectivity index (χ1v) is 9.43. The number of fused-ring (bicyclic) bond motifs is 1. The Hall–Kier alpha value is -3.07. The van der Waals surface area contributed by atoms with Crippen LogP contribution in [0.4, 0.5) is 5.95 Å². The van der Waals surface area contributed by atoms with Gasteiger partial charge < -0.3 is 10.2 Å². The molecular weight excluding hydrogens is 356 g/mol. The first kappa shape index (κ1) is 18.3. The number of aryl methyl sites for hydroxylation is 2. The molecule has 3 aromatic heterocycles. The van der Waals surface area contributed by atoms with Crippen molar-refractivity contribution in [2.45, 2.75) is 6.92 Å². The van der Waals surface area contributed by atoms with Gasteiger partial charge in [0.1, 0.15) is 0 Å². The molecule has 9 heteroatoms. The molecule has 4 rings (SSSR count). The number of carbonyl (C=O) groups is 1. The molecule has 0 atom stereocenters. The number of rotatable bonds is 5. The Labute approximate surface area is 163 Å². The van der Waals surface area contributed by atoms with Crippen LogP contribution in [0.25, 0.3) is 11.0 Å². The molecule has 0 aromatic carbocycles. The van der Waals surface area contributed by atoms with Crippen LogP contribution >= 0.6 is 0 Å². The maximum absolute atomic E-state index is 12.5. The third-order valence-corrected chi connectivity index (χ3v) is 5.05. The molecule has 4 heterocycles. The smallest absolute Gasteiger partial charge is 0.252 e. The third-order valence-electron chi connectivity index (χ3n) is 5.05. The van der Waals surface area contributed by atoms with E-state index in [1.54, 1.807) is 23.3 Å². The molecule has 1 N–H and O–H groups in total. The Balaban J connectivity index is 1.26. The summed E-state index contributed by atoms with van der Waals surface area (Å²) in [5, 5.41) is 8.25. The second-order valence-corrected chi connectivity index (χ2v) is 6.94. The highest BCUT2D eigenvalue weighted by Gasteiger charge is 2.18. The van der Waals surface area contributed by atoms with Crippen LogP contribution in [0, 0.1) is 6.92 Å². The van der Waals surface area contributed by atoms with Crippen LogP contribution < -0.4 is 10.2 Å². The van der Waals surface area contributed by atoms with E-state index in [2.05, 4.69) is 35.2 Å².